The molecule has 1 fully saturated rings. The molecule has 17 heavy (non-hydrogen) atoms. The Bertz CT molecular complexity index is 387. The van der Waals surface area contributed by atoms with Crippen molar-refractivity contribution in [1.82, 2.24) is 10.6 Å². The second-order valence-corrected chi connectivity index (χ2v) is 4.30. The van der Waals surface area contributed by atoms with Gasteiger partial charge in [-0.15, -0.1) is 0 Å². The maximum absolute atomic E-state index is 11.7. The fraction of sp³-hybridized carbons (Fsp3) is 0.462. The monoisotopic (exact) mass is 234 g/mol. The van der Waals surface area contributed by atoms with Gasteiger partial charge >= 0.3 is 5.97 Å². The lowest BCUT2D eigenvalue weighted by molar-refractivity contribution is -0.135. The number of ether oxygens (including phenoxy) is 1. The number of rotatable bonds is 3. The summed E-state index contributed by atoms with van der Waals surface area (Å²) >= 11 is 0. The molecule has 1 atom stereocenters. The molecule has 0 bridgehead atoms. The van der Waals surface area contributed by atoms with E-state index in [1.807, 2.05) is 31.2 Å². The van der Waals surface area contributed by atoms with Crippen LogP contribution in [0.5, 0.6) is 5.75 Å². The number of piperazine rings is 1. The molecular formula is C13H18N2O2. The summed E-state index contributed by atoms with van der Waals surface area (Å²) in [5.41, 5.74) is 0.982. The number of nitrogens with one attached hydrogen (secondary N) is 2. The predicted molar refractivity (Wildman–Crippen MR) is 66.1 cm³/mol. The fourth-order valence-corrected chi connectivity index (χ4v) is 1.89. The third-order valence-corrected chi connectivity index (χ3v) is 2.86. The molecule has 1 heterocycles. The topological polar surface area (TPSA) is 50.4 Å². The SMILES string of the molecule is Cc1ccccc1OC(=O)CC1CNCCN1. The zero-order chi connectivity index (χ0) is 12.1. The highest BCUT2D eigenvalue weighted by atomic mass is 16.5. The van der Waals surface area contributed by atoms with Gasteiger partial charge in [0, 0.05) is 25.7 Å². The van der Waals surface area contributed by atoms with Gasteiger partial charge in [-0.3, -0.25) is 4.79 Å². The molecule has 4 heteroatoms. The minimum absolute atomic E-state index is 0.180. The first-order valence-electron chi connectivity index (χ1n) is 5.96. The predicted octanol–water partition coefficient (Wildman–Crippen LogP) is 0.852. The normalized spacial score (nSPS) is 19.9. The van der Waals surface area contributed by atoms with Gasteiger partial charge in [-0.25, -0.2) is 0 Å². The highest BCUT2D eigenvalue weighted by molar-refractivity contribution is 5.73. The molecule has 0 spiro atoms. The average molecular weight is 234 g/mol. The first kappa shape index (κ1) is 12.1. The molecule has 92 valence electrons. The van der Waals surface area contributed by atoms with Crippen LogP contribution in [0.15, 0.2) is 24.3 Å². The molecule has 0 aromatic heterocycles. The Morgan fingerprint density at radius 2 is 2.24 bits per heavy atom. The summed E-state index contributed by atoms with van der Waals surface area (Å²) in [6, 6.07) is 7.73. The van der Waals surface area contributed by atoms with Crippen molar-refractivity contribution in [3.63, 3.8) is 0 Å². The molecule has 0 amide bonds. The van der Waals surface area contributed by atoms with Crippen molar-refractivity contribution < 1.29 is 9.53 Å². The van der Waals surface area contributed by atoms with E-state index in [2.05, 4.69) is 10.6 Å². The molecule has 1 unspecified atom stereocenters. The van der Waals surface area contributed by atoms with Gasteiger partial charge in [0.2, 0.25) is 0 Å². The Hall–Kier alpha value is -1.39. The zero-order valence-electron chi connectivity index (χ0n) is 10.0. The third-order valence-electron chi connectivity index (χ3n) is 2.86. The van der Waals surface area contributed by atoms with Crippen LogP contribution in [-0.2, 0) is 4.79 Å². The van der Waals surface area contributed by atoms with Crippen LogP contribution in [0.25, 0.3) is 0 Å². The summed E-state index contributed by atoms with van der Waals surface area (Å²) in [6.45, 7) is 4.62. The van der Waals surface area contributed by atoms with Crippen molar-refractivity contribution >= 4 is 5.97 Å². The van der Waals surface area contributed by atoms with Crippen LogP contribution in [-0.4, -0.2) is 31.6 Å². The van der Waals surface area contributed by atoms with E-state index in [-0.39, 0.29) is 12.0 Å². The number of carbonyl (C=O) groups excluding carboxylic acids is 1. The Morgan fingerprint density at radius 3 is 2.94 bits per heavy atom. The van der Waals surface area contributed by atoms with Gasteiger partial charge < -0.3 is 15.4 Å². The van der Waals surface area contributed by atoms with E-state index in [4.69, 9.17) is 4.74 Å². The Balaban J connectivity index is 1.86. The molecule has 2 rings (SSSR count). The van der Waals surface area contributed by atoms with Crippen molar-refractivity contribution in [3.8, 4) is 5.75 Å². The Morgan fingerprint density at radius 1 is 1.41 bits per heavy atom. The Kier molecular flexibility index (Phi) is 4.12. The number of benzene rings is 1. The van der Waals surface area contributed by atoms with Crippen molar-refractivity contribution in [2.75, 3.05) is 19.6 Å². The maximum atomic E-state index is 11.7. The molecular weight excluding hydrogens is 216 g/mol. The smallest absolute Gasteiger partial charge is 0.312 e. The minimum atomic E-state index is -0.180. The molecule has 1 aromatic rings. The molecule has 1 saturated heterocycles. The van der Waals surface area contributed by atoms with Crippen LogP contribution in [0, 0.1) is 6.92 Å². The average Bonchev–Trinajstić information content (AvgIpc) is 2.33. The van der Waals surface area contributed by atoms with Gasteiger partial charge in [0.25, 0.3) is 0 Å². The highest BCUT2D eigenvalue weighted by Crippen LogP contribution is 2.16. The zero-order valence-corrected chi connectivity index (χ0v) is 10.0. The number of hydrogen-bond donors (Lipinski definition) is 2. The van der Waals surface area contributed by atoms with Crippen molar-refractivity contribution in [1.29, 1.82) is 0 Å². The van der Waals surface area contributed by atoms with Gasteiger partial charge in [-0.1, -0.05) is 18.2 Å². The first-order chi connectivity index (χ1) is 8.25. The standard InChI is InChI=1S/C13H18N2O2/c1-10-4-2-3-5-12(10)17-13(16)8-11-9-14-6-7-15-11/h2-5,11,14-15H,6-9H2,1H3. The summed E-state index contributed by atoms with van der Waals surface area (Å²) in [7, 11) is 0. The van der Waals surface area contributed by atoms with Crippen LogP contribution in [0.3, 0.4) is 0 Å². The lowest BCUT2D eigenvalue weighted by atomic mass is 10.1. The summed E-state index contributed by atoms with van der Waals surface area (Å²) in [4.78, 5) is 11.7. The van der Waals surface area contributed by atoms with Crippen molar-refractivity contribution in [2.24, 2.45) is 0 Å². The van der Waals surface area contributed by atoms with Gasteiger partial charge in [0.1, 0.15) is 5.75 Å². The van der Waals surface area contributed by atoms with Crippen molar-refractivity contribution in [2.45, 2.75) is 19.4 Å². The summed E-state index contributed by atoms with van der Waals surface area (Å²) in [5, 5.41) is 6.53. The van der Waals surface area contributed by atoms with Crippen LogP contribution in [0.1, 0.15) is 12.0 Å². The second-order valence-electron chi connectivity index (χ2n) is 4.30. The van der Waals surface area contributed by atoms with Crippen LogP contribution < -0.4 is 15.4 Å². The molecule has 4 nitrogen and oxygen atoms in total. The van der Waals surface area contributed by atoms with E-state index in [0.29, 0.717) is 12.2 Å². The molecule has 1 aliphatic rings. The van der Waals surface area contributed by atoms with Crippen LogP contribution in [0.2, 0.25) is 0 Å². The molecule has 0 radical (unpaired) electrons. The first-order valence-corrected chi connectivity index (χ1v) is 5.96. The largest absolute Gasteiger partial charge is 0.426 e. The minimum Gasteiger partial charge on any atom is -0.426 e. The Labute approximate surface area is 101 Å². The van der Waals surface area contributed by atoms with Crippen molar-refractivity contribution in [3.05, 3.63) is 29.8 Å². The molecule has 1 aliphatic heterocycles. The van der Waals surface area contributed by atoms with E-state index >= 15 is 0 Å². The van der Waals surface area contributed by atoms with E-state index in [1.165, 1.54) is 0 Å². The number of hydrogen-bond acceptors (Lipinski definition) is 4. The highest BCUT2D eigenvalue weighted by Gasteiger charge is 2.17. The lowest BCUT2D eigenvalue weighted by Gasteiger charge is -2.23. The van der Waals surface area contributed by atoms with Crippen LogP contribution in [0.4, 0.5) is 0 Å². The van der Waals surface area contributed by atoms with E-state index in [9.17, 15) is 4.79 Å². The fourth-order valence-electron chi connectivity index (χ4n) is 1.89. The number of carbonyl (C=O) groups is 1. The lowest BCUT2D eigenvalue weighted by Crippen LogP contribution is -2.49. The van der Waals surface area contributed by atoms with E-state index in [1.54, 1.807) is 0 Å². The molecule has 1 aromatic carbocycles. The van der Waals surface area contributed by atoms with Gasteiger partial charge in [-0.05, 0) is 18.6 Å². The van der Waals surface area contributed by atoms with E-state index in [0.717, 1.165) is 25.2 Å². The second kappa shape index (κ2) is 5.80. The van der Waals surface area contributed by atoms with Gasteiger partial charge in [0.15, 0.2) is 0 Å². The number of aryl methyl sites for hydroxylation is 1. The number of esters is 1. The van der Waals surface area contributed by atoms with Crippen LogP contribution >= 0.6 is 0 Å². The molecule has 0 aliphatic carbocycles. The van der Waals surface area contributed by atoms with Gasteiger partial charge in [-0.2, -0.15) is 0 Å². The summed E-state index contributed by atoms with van der Waals surface area (Å²) in [6.07, 6.45) is 0.404. The quantitative estimate of drug-likeness (QED) is 0.601. The summed E-state index contributed by atoms with van der Waals surface area (Å²) < 4.78 is 5.34. The maximum Gasteiger partial charge on any atom is 0.312 e. The summed E-state index contributed by atoms with van der Waals surface area (Å²) in [5.74, 6) is 0.474. The van der Waals surface area contributed by atoms with E-state index < -0.39 is 0 Å². The molecule has 2 N–H and O–H groups in total. The third kappa shape index (κ3) is 3.54. The van der Waals surface area contributed by atoms with Gasteiger partial charge in [0.05, 0.1) is 6.42 Å². The molecule has 0 saturated carbocycles. The number of para-hydroxylation sites is 1.